The molecule has 210 valence electrons. The summed E-state index contributed by atoms with van der Waals surface area (Å²) >= 11 is 0. The number of nitrogens with one attached hydrogen (secondary N) is 2. The van der Waals surface area contributed by atoms with Gasteiger partial charge < -0.3 is 15.1 Å². The molecule has 0 bridgehead atoms. The van der Waals surface area contributed by atoms with Gasteiger partial charge in [-0.3, -0.25) is 9.59 Å². The number of carbonyl (C=O) groups excluding carboxylic acids is 2. The normalized spacial score (nSPS) is 12.7. The number of furan rings is 1. The highest BCUT2D eigenvalue weighted by molar-refractivity contribution is 6.12. The summed E-state index contributed by atoms with van der Waals surface area (Å²) in [6, 6.07) is 10.6. The number of aryl methyl sites for hydroxylation is 2. The van der Waals surface area contributed by atoms with Crippen molar-refractivity contribution in [3.63, 3.8) is 0 Å². The van der Waals surface area contributed by atoms with Crippen LogP contribution in [0.5, 0.6) is 0 Å². The first-order chi connectivity index (χ1) is 19.4. The monoisotopic (exact) mass is 566 g/mol. The molecule has 0 atom stereocenters. The van der Waals surface area contributed by atoms with Crippen molar-refractivity contribution in [2.75, 3.05) is 7.05 Å². The van der Waals surface area contributed by atoms with Gasteiger partial charge in [-0.15, -0.1) is 5.73 Å². The lowest BCUT2D eigenvalue weighted by Gasteiger charge is -2.16. The molecule has 0 unspecified atom stereocenters. The molecule has 41 heavy (non-hydrogen) atoms. The molecule has 0 fully saturated rings. The molecule has 0 aliphatic heterocycles. The van der Waals surface area contributed by atoms with Crippen LogP contribution < -0.4 is 10.6 Å². The van der Waals surface area contributed by atoms with E-state index < -0.39 is 42.5 Å². The van der Waals surface area contributed by atoms with Gasteiger partial charge in [-0.25, -0.2) is 8.78 Å². The third kappa shape index (κ3) is 5.64. The zero-order valence-electron chi connectivity index (χ0n) is 21.9. The molecule has 4 aromatic rings. The summed E-state index contributed by atoms with van der Waals surface area (Å²) in [5, 5.41) is 5.39. The summed E-state index contributed by atoms with van der Waals surface area (Å²) in [7, 11) is 1.41. The zero-order chi connectivity index (χ0) is 29.5. The van der Waals surface area contributed by atoms with Gasteiger partial charge in [0.25, 0.3) is 11.8 Å². The van der Waals surface area contributed by atoms with E-state index in [0.29, 0.717) is 28.8 Å². The van der Waals surface area contributed by atoms with Crippen molar-refractivity contribution in [2.24, 2.45) is 0 Å². The van der Waals surface area contributed by atoms with Crippen molar-refractivity contribution >= 4 is 22.8 Å². The van der Waals surface area contributed by atoms with Crippen molar-refractivity contribution in [3.8, 4) is 22.5 Å². The van der Waals surface area contributed by atoms with Crippen LogP contribution in [0, 0.1) is 18.6 Å². The van der Waals surface area contributed by atoms with Gasteiger partial charge in [0.2, 0.25) is 0 Å². The smallest absolute Gasteiger partial charge is 0.389 e. The molecule has 0 radical (unpaired) electrons. The second-order valence-corrected chi connectivity index (χ2v) is 9.65. The summed E-state index contributed by atoms with van der Waals surface area (Å²) in [4.78, 5) is 25.8. The van der Waals surface area contributed by atoms with Crippen LogP contribution in [0.2, 0.25) is 0 Å². The van der Waals surface area contributed by atoms with Crippen LogP contribution in [-0.2, 0) is 6.42 Å². The van der Waals surface area contributed by atoms with E-state index in [4.69, 9.17) is 4.42 Å². The first kappa shape index (κ1) is 27.9. The number of carbonyl (C=O) groups is 2. The topological polar surface area (TPSA) is 71.3 Å². The minimum atomic E-state index is -4.46. The number of hydrogen-bond donors (Lipinski definition) is 2. The van der Waals surface area contributed by atoms with Crippen molar-refractivity contribution in [1.29, 1.82) is 0 Å². The minimum absolute atomic E-state index is 0.0965. The van der Waals surface area contributed by atoms with Crippen molar-refractivity contribution in [2.45, 2.75) is 32.4 Å². The van der Waals surface area contributed by atoms with E-state index >= 15 is 0 Å². The fourth-order valence-corrected chi connectivity index (χ4v) is 4.71. The fraction of sp³-hybridized carbons (Fsp3) is 0.194. The largest absolute Gasteiger partial charge is 0.455 e. The molecule has 2 N–H and O–H groups in total. The van der Waals surface area contributed by atoms with E-state index in [1.165, 1.54) is 49.5 Å². The SMILES string of the molecule is CNC(=O)c1c(-c2ccc(F)cc2)oc2cc(CCC(F)(F)F)c(-c3cc(C(=O)NC4=C=CC4)c(F)cc3C)cc12. The second-order valence-electron chi connectivity index (χ2n) is 9.65. The molecule has 1 aliphatic rings. The highest BCUT2D eigenvalue weighted by Crippen LogP contribution is 2.40. The zero-order valence-corrected chi connectivity index (χ0v) is 21.9. The Morgan fingerprint density at radius 3 is 2.32 bits per heavy atom. The van der Waals surface area contributed by atoms with Gasteiger partial charge in [-0.2, -0.15) is 13.2 Å². The molecule has 1 aliphatic carbocycles. The van der Waals surface area contributed by atoms with Crippen LogP contribution in [0.15, 0.2) is 70.5 Å². The van der Waals surface area contributed by atoms with E-state index in [1.807, 2.05) is 0 Å². The predicted octanol–water partition coefficient (Wildman–Crippen LogP) is 7.38. The van der Waals surface area contributed by atoms with Crippen LogP contribution in [-0.4, -0.2) is 25.0 Å². The Kier molecular flexibility index (Phi) is 7.28. The van der Waals surface area contributed by atoms with Gasteiger partial charge in [0.1, 0.15) is 23.0 Å². The molecular formula is C31H23F5N2O3. The lowest BCUT2D eigenvalue weighted by Crippen LogP contribution is -2.24. The molecule has 5 nitrogen and oxygen atoms in total. The Morgan fingerprint density at radius 2 is 1.71 bits per heavy atom. The molecule has 0 saturated heterocycles. The average Bonchev–Trinajstić information content (AvgIpc) is 3.27. The third-order valence-electron chi connectivity index (χ3n) is 6.85. The summed E-state index contributed by atoms with van der Waals surface area (Å²) in [5.41, 5.74) is 4.81. The molecule has 2 amide bonds. The van der Waals surface area contributed by atoms with Gasteiger partial charge in [0, 0.05) is 30.8 Å². The van der Waals surface area contributed by atoms with E-state index in [-0.39, 0.29) is 39.0 Å². The summed E-state index contributed by atoms with van der Waals surface area (Å²) in [5.74, 6) is -2.44. The number of hydrogen-bond acceptors (Lipinski definition) is 3. The summed E-state index contributed by atoms with van der Waals surface area (Å²) in [6.07, 6.45) is -3.87. The second kappa shape index (κ2) is 10.7. The highest BCUT2D eigenvalue weighted by atomic mass is 19.4. The maximum Gasteiger partial charge on any atom is 0.389 e. The molecule has 1 heterocycles. The van der Waals surface area contributed by atoms with E-state index in [1.54, 1.807) is 13.0 Å². The Labute approximate surface area is 231 Å². The van der Waals surface area contributed by atoms with Crippen molar-refractivity contribution < 1.29 is 36.0 Å². The molecule has 5 rings (SSSR count). The molecule has 1 aromatic heterocycles. The van der Waals surface area contributed by atoms with Crippen LogP contribution in [0.1, 0.15) is 44.7 Å². The number of benzene rings is 3. The van der Waals surface area contributed by atoms with Crippen LogP contribution >= 0.6 is 0 Å². The number of alkyl halides is 3. The van der Waals surface area contributed by atoms with Crippen LogP contribution in [0.4, 0.5) is 22.0 Å². The van der Waals surface area contributed by atoms with Gasteiger partial charge in [0.15, 0.2) is 0 Å². The first-order valence-electron chi connectivity index (χ1n) is 12.6. The fourth-order valence-electron chi connectivity index (χ4n) is 4.71. The average molecular weight is 567 g/mol. The molecule has 0 spiro atoms. The molecule has 10 heteroatoms. The van der Waals surface area contributed by atoms with Crippen LogP contribution in [0.25, 0.3) is 33.4 Å². The van der Waals surface area contributed by atoms with Gasteiger partial charge in [-0.05, 0) is 90.2 Å². The quantitative estimate of drug-likeness (QED) is 0.181. The Bertz CT molecular complexity index is 1760. The molecular weight excluding hydrogens is 543 g/mol. The standard InChI is InChI=1S/C31H23F5N2O3/c1-16-12-25(33)23(29(39)38-20-4-3-5-20)14-21(16)22-15-24-26(13-18(22)10-11-31(34,35)36)41-28(27(24)30(40)37-2)17-6-8-19(32)9-7-17/h3,6-9,12-15H,4,10-11H2,1-2H3,(H,37,40)(H,38,39). The minimum Gasteiger partial charge on any atom is -0.455 e. The lowest BCUT2D eigenvalue weighted by molar-refractivity contribution is -0.133. The first-order valence-corrected chi connectivity index (χ1v) is 12.6. The Balaban J connectivity index is 1.74. The Morgan fingerprint density at radius 1 is 1.00 bits per heavy atom. The number of amides is 2. The maximum absolute atomic E-state index is 14.9. The molecule has 3 aromatic carbocycles. The highest BCUT2D eigenvalue weighted by Gasteiger charge is 2.29. The number of halogens is 5. The lowest BCUT2D eigenvalue weighted by atomic mass is 9.90. The van der Waals surface area contributed by atoms with Gasteiger partial charge in [0.05, 0.1) is 16.8 Å². The number of fused-ring (bicyclic) bond motifs is 1. The van der Waals surface area contributed by atoms with Gasteiger partial charge >= 0.3 is 6.18 Å². The van der Waals surface area contributed by atoms with E-state index in [9.17, 15) is 31.5 Å². The predicted molar refractivity (Wildman–Crippen MR) is 143 cm³/mol. The summed E-state index contributed by atoms with van der Waals surface area (Å²) in [6.45, 7) is 1.58. The van der Waals surface area contributed by atoms with Crippen molar-refractivity contribution in [3.05, 3.63) is 99.9 Å². The maximum atomic E-state index is 14.9. The van der Waals surface area contributed by atoms with Crippen molar-refractivity contribution in [1.82, 2.24) is 10.6 Å². The van der Waals surface area contributed by atoms with E-state index in [2.05, 4.69) is 16.4 Å². The number of rotatable bonds is 7. The Hall–Kier alpha value is -4.69. The molecule has 0 saturated carbocycles. The van der Waals surface area contributed by atoms with E-state index in [0.717, 1.165) is 6.07 Å². The third-order valence-corrected chi connectivity index (χ3v) is 6.85. The van der Waals surface area contributed by atoms with Gasteiger partial charge in [-0.1, -0.05) is 0 Å². The van der Waals surface area contributed by atoms with Crippen LogP contribution in [0.3, 0.4) is 0 Å². The summed E-state index contributed by atoms with van der Waals surface area (Å²) < 4.78 is 74.4.